The first-order chi connectivity index (χ1) is 11.9. The first-order valence-corrected chi connectivity index (χ1v) is 8.82. The monoisotopic (exact) mass is 361 g/mol. The van der Waals surface area contributed by atoms with E-state index in [9.17, 15) is 14.4 Å². The molecule has 144 valence electrons. The van der Waals surface area contributed by atoms with Crippen LogP contribution >= 0.6 is 0 Å². The van der Waals surface area contributed by atoms with Gasteiger partial charge in [-0.2, -0.15) is 0 Å². The third-order valence-corrected chi connectivity index (χ3v) is 5.10. The van der Waals surface area contributed by atoms with Crippen molar-refractivity contribution in [3.63, 3.8) is 0 Å². The van der Waals surface area contributed by atoms with Crippen molar-refractivity contribution in [1.29, 1.82) is 0 Å². The molecule has 1 aromatic carbocycles. The number of amides is 3. The van der Waals surface area contributed by atoms with Gasteiger partial charge >= 0.3 is 0 Å². The van der Waals surface area contributed by atoms with Crippen LogP contribution in [0.5, 0.6) is 0 Å². The van der Waals surface area contributed by atoms with Crippen molar-refractivity contribution in [2.45, 2.75) is 53.4 Å². The van der Waals surface area contributed by atoms with Gasteiger partial charge in [0.1, 0.15) is 0 Å². The summed E-state index contributed by atoms with van der Waals surface area (Å²) in [7, 11) is 0. The van der Waals surface area contributed by atoms with Gasteiger partial charge in [0.05, 0.1) is 11.3 Å². The summed E-state index contributed by atoms with van der Waals surface area (Å²) in [6.07, 6.45) is 0.165. The Morgan fingerprint density at radius 3 is 1.81 bits per heavy atom. The van der Waals surface area contributed by atoms with Crippen LogP contribution in [0.3, 0.4) is 0 Å². The van der Waals surface area contributed by atoms with Crippen molar-refractivity contribution in [1.82, 2.24) is 0 Å². The summed E-state index contributed by atoms with van der Waals surface area (Å²) < 4.78 is 0. The van der Waals surface area contributed by atoms with Crippen LogP contribution in [0, 0.1) is 23.7 Å². The summed E-state index contributed by atoms with van der Waals surface area (Å²) in [6, 6.07) is 7.63. The zero-order chi connectivity index (χ0) is 20.3. The van der Waals surface area contributed by atoms with Gasteiger partial charge in [0, 0.05) is 6.42 Å². The number of benzene rings is 1. The van der Waals surface area contributed by atoms with Crippen LogP contribution in [0.25, 0.3) is 0 Å². The van der Waals surface area contributed by atoms with Gasteiger partial charge in [-0.15, -0.1) is 0 Å². The Kier molecular flexibility index (Phi) is 6.58. The molecule has 0 heterocycles. The molecule has 3 amide bonds. The fourth-order valence-corrected chi connectivity index (χ4v) is 4.27. The van der Waals surface area contributed by atoms with E-state index in [2.05, 4.69) is 0 Å². The van der Waals surface area contributed by atoms with Crippen LogP contribution in [0.4, 0.5) is 0 Å². The van der Waals surface area contributed by atoms with Gasteiger partial charge < -0.3 is 17.2 Å². The van der Waals surface area contributed by atoms with Crippen molar-refractivity contribution >= 4 is 17.7 Å². The number of hydrogen-bond donors (Lipinski definition) is 3. The maximum atomic E-state index is 12.8. The van der Waals surface area contributed by atoms with E-state index in [-0.39, 0.29) is 6.42 Å². The molecule has 1 rings (SSSR count). The number of hydrogen-bond acceptors (Lipinski definition) is 3. The minimum Gasteiger partial charge on any atom is -0.370 e. The molecular formula is C20H31N3O3. The summed E-state index contributed by atoms with van der Waals surface area (Å²) in [6.45, 7) is 9.27. The molecule has 0 saturated heterocycles. The minimum atomic E-state index is -1.50. The van der Waals surface area contributed by atoms with Gasteiger partial charge in [0.25, 0.3) is 0 Å². The lowest BCUT2D eigenvalue weighted by Gasteiger charge is -2.47. The smallest absolute Gasteiger partial charge is 0.225 e. The van der Waals surface area contributed by atoms with Gasteiger partial charge in [-0.3, -0.25) is 14.4 Å². The molecule has 6 nitrogen and oxygen atoms in total. The maximum absolute atomic E-state index is 12.8. The SMILES string of the molecule is CC[C@H](c1ccc(C)cc1)C(CC(N)=O)(C(N)=O)[C@@H](C(N)=O)C(C)(C)C. The molecule has 0 spiro atoms. The number of aryl methyl sites for hydroxylation is 1. The van der Waals surface area contributed by atoms with Gasteiger partial charge in [0.15, 0.2) is 0 Å². The summed E-state index contributed by atoms with van der Waals surface area (Å²) in [5, 5.41) is 0. The molecule has 1 unspecified atom stereocenters. The van der Waals surface area contributed by atoms with E-state index in [0.29, 0.717) is 6.42 Å². The van der Waals surface area contributed by atoms with E-state index in [4.69, 9.17) is 17.2 Å². The Labute approximate surface area is 155 Å². The number of primary amides is 3. The van der Waals surface area contributed by atoms with Crippen LogP contribution in [0.15, 0.2) is 24.3 Å². The lowest BCUT2D eigenvalue weighted by Crippen LogP contribution is -2.57. The van der Waals surface area contributed by atoms with E-state index in [1.54, 1.807) is 0 Å². The van der Waals surface area contributed by atoms with Gasteiger partial charge in [-0.25, -0.2) is 0 Å². The highest BCUT2D eigenvalue weighted by Crippen LogP contribution is 2.52. The Bertz CT molecular complexity index is 677. The number of carbonyl (C=O) groups is 3. The summed E-state index contributed by atoms with van der Waals surface area (Å²) >= 11 is 0. The molecule has 26 heavy (non-hydrogen) atoms. The Hall–Kier alpha value is -2.37. The maximum Gasteiger partial charge on any atom is 0.225 e. The third kappa shape index (κ3) is 4.23. The predicted octanol–water partition coefficient (Wildman–Crippen LogP) is 1.98. The predicted molar refractivity (Wildman–Crippen MR) is 102 cm³/mol. The molecule has 0 aromatic heterocycles. The highest BCUT2D eigenvalue weighted by Gasteiger charge is 2.57. The first kappa shape index (κ1) is 21.7. The number of rotatable bonds is 8. The molecule has 0 aliphatic rings. The van der Waals surface area contributed by atoms with Crippen molar-refractivity contribution in [2.75, 3.05) is 0 Å². The summed E-state index contributed by atoms with van der Waals surface area (Å²) in [5.74, 6) is -3.51. The van der Waals surface area contributed by atoms with Crippen LogP contribution in [0.2, 0.25) is 0 Å². The quantitative estimate of drug-likeness (QED) is 0.654. The molecule has 6 heteroatoms. The molecule has 0 aliphatic carbocycles. The zero-order valence-corrected chi connectivity index (χ0v) is 16.3. The lowest BCUT2D eigenvalue weighted by atomic mass is 9.54. The van der Waals surface area contributed by atoms with E-state index in [1.807, 2.05) is 58.9 Å². The Morgan fingerprint density at radius 2 is 1.50 bits per heavy atom. The second-order valence-corrected chi connectivity index (χ2v) is 8.12. The molecule has 0 fully saturated rings. The van der Waals surface area contributed by atoms with E-state index in [1.165, 1.54) is 0 Å². The average Bonchev–Trinajstić information content (AvgIpc) is 2.46. The van der Waals surface area contributed by atoms with Gasteiger partial charge in [-0.1, -0.05) is 57.5 Å². The van der Waals surface area contributed by atoms with E-state index >= 15 is 0 Å². The fourth-order valence-electron chi connectivity index (χ4n) is 4.27. The number of nitrogens with two attached hydrogens (primary N) is 3. The Balaban J connectivity index is 3.80. The standard InChI is InChI=1S/C20H31N3O3/c1-6-14(13-9-7-12(2)8-10-13)20(18(23)26,11-15(21)24)16(17(22)25)19(3,4)5/h7-10,14,16H,6,11H2,1-5H3,(H2,21,24)(H2,22,25)(H2,23,26)/t14-,16+,20?/m1/s1. The van der Waals surface area contributed by atoms with Crippen molar-refractivity contribution in [2.24, 2.45) is 33.9 Å². The topological polar surface area (TPSA) is 129 Å². The third-order valence-electron chi connectivity index (χ3n) is 5.10. The normalized spacial score (nSPS) is 16.3. The second-order valence-electron chi connectivity index (χ2n) is 8.12. The largest absolute Gasteiger partial charge is 0.370 e. The Morgan fingerprint density at radius 1 is 1.00 bits per heavy atom. The molecular weight excluding hydrogens is 330 g/mol. The highest BCUT2D eigenvalue weighted by molar-refractivity contribution is 5.94. The minimum absolute atomic E-state index is 0.334. The van der Waals surface area contributed by atoms with Crippen molar-refractivity contribution in [3.8, 4) is 0 Å². The highest BCUT2D eigenvalue weighted by atomic mass is 16.2. The molecule has 0 radical (unpaired) electrons. The fraction of sp³-hybridized carbons (Fsp3) is 0.550. The molecule has 6 N–H and O–H groups in total. The molecule has 0 saturated carbocycles. The first-order valence-electron chi connectivity index (χ1n) is 8.82. The van der Waals surface area contributed by atoms with Crippen LogP contribution in [-0.4, -0.2) is 17.7 Å². The molecule has 0 bridgehead atoms. The van der Waals surface area contributed by atoms with E-state index in [0.717, 1.165) is 11.1 Å². The van der Waals surface area contributed by atoms with Crippen LogP contribution in [0.1, 0.15) is 57.6 Å². The average molecular weight is 361 g/mol. The van der Waals surface area contributed by atoms with Crippen LogP contribution < -0.4 is 17.2 Å². The van der Waals surface area contributed by atoms with Crippen molar-refractivity contribution < 1.29 is 14.4 Å². The summed E-state index contributed by atoms with van der Waals surface area (Å²) in [4.78, 5) is 37.2. The van der Waals surface area contributed by atoms with Crippen molar-refractivity contribution in [3.05, 3.63) is 35.4 Å². The molecule has 1 aromatic rings. The van der Waals surface area contributed by atoms with Crippen LogP contribution in [-0.2, 0) is 14.4 Å². The summed E-state index contributed by atoms with van der Waals surface area (Å²) in [5.41, 5.74) is 16.8. The number of carbonyl (C=O) groups excluding carboxylic acids is 3. The lowest BCUT2D eigenvalue weighted by molar-refractivity contribution is -0.150. The zero-order valence-electron chi connectivity index (χ0n) is 16.3. The second kappa shape index (κ2) is 7.89. The molecule has 0 aliphatic heterocycles. The van der Waals surface area contributed by atoms with Gasteiger partial charge in [-0.05, 0) is 30.2 Å². The van der Waals surface area contributed by atoms with E-state index < -0.39 is 40.4 Å². The molecule has 3 atom stereocenters. The van der Waals surface area contributed by atoms with Gasteiger partial charge in [0.2, 0.25) is 17.7 Å².